The van der Waals surface area contributed by atoms with Crippen LogP contribution in [0.5, 0.6) is 0 Å². The number of ether oxygens (including phenoxy) is 5. The third kappa shape index (κ3) is 17.1. The summed E-state index contributed by atoms with van der Waals surface area (Å²) in [5.41, 5.74) is 9.40. The van der Waals surface area contributed by atoms with Crippen LogP contribution in [0.25, 0.3) is 22.3 Å². The van der Waals surface area contributed by atoms with Gasteiger partial charge in [0, 0.05) is 18.8 Å². The topological polar surface area (TPSA) is 816 Å². The SMILES string of the molecule is C=C1NC(=O)C=CN1[C@@H]1O[C@@]2(COP(=O)(O)OP(=O)(O)OP(=O)(O)O)CO[C@@H]1[C@@H]2N.CC1(C)O[C@H]2[C@H](n3cnc4c(=O)[nH]c(N)nc43)O[C@]1(COP(=O)(O)OP(=O)(O)OP(=O)(O)O)[C@H]2O.Nc1nc2c(ncn2[C@@H]2O[C@@]3(COP(=O)(O)OP(=O)(O)OP(=O)(O)O)CN[C@@H]2[C@@H]3O)c(=O)[nH]1. The first kappa shape index (κ1) is 78.1. The van der Waals surface area contributed by atoms with Gasteiger partial charge in [0.1, 0.15) is 41.4 Å². The van der Waals surface area contributed by atoms with Gasteiger partial charge >= 0.3 is 70.4 Å². The Bertz CT molecular complexity index is 4440. The van der Waals surface area contributed by atoms with E-state index in [9.17, 15) is 95.0 Å². The van der Waals surface area contributed by atoms with Crippen molar-refractivity contribution in [2.45, 2.75) is 91.4 Å². The lowest BCUT2D eigenvalue weighted by atomic mass is 9.84. The number of anilines is 2. The van der Waals surface area contributed by atoms with Gasteiger partial charge in [-0.15, -0.1) is 0 Å². The minimum atomic E-state index is -5.75. The number of fused-ring (bicyclic) bond motifs is 8. The molecule has 0 spiro atoms. The minimum absolute atomic E-state index is 0.0135. The summed E-state index contributed by atoms with van der Waals surface area (Å²) in [7, 11) is -50.1. The normalized spacial score (nSPS) is 32.5. The second-order valence-corrected chi connectivity index (χ2v) is 34.8. The average molecular weight is 1590 g/mol. The molecule has 4 aromatic heterocycles. The summed E-state index contributed by atoms with van der Waals surface area (Å²) in [6.07, 6.45) is -2.90. The number of amides is 1. The molecule has 1 amide bonds. The predicted octanol–water partition coefficient (Wildman–Crippen LogP) is -4.94. The smallest absolute Gasteiger partial charge is 0.388 e. The van der Waals surface area contributed by atoms with Gasteiger partial charge in [-0.25, -0.2) is 51.1 Å². The number of nitrogens with two attached hydrogens (primary N) is 3. The van der Waals surface area contributed by atoms with Gasteiger partial charge in [0.25, 0.3) is 17.0 Å². The molecule has 98 heavy (non-hydrogen) atoms. The molecule has 4 aromatic rings. The maximum Gasteiger partial charge on any atom is 0.490 e. The van der Waals surface area contributed by atoms with Crippen molar-refractivity contribution < 1.29 is 178 Å². The maximum absolute atomic E-state index is 12.2. The van der Waals surface area contributed by atoms with Crippen LogP contribution in [-0.4, -0.2) is 217 Å². The number of carbonyl (C=O) groups is 1. The molecule has 550 valence electrons. The van der Waals surface area contributed by atoms with Crippen LogP contribution in [0, 0.1) is 0 Å². The Morgan fingerprint density at radius 2 is 1.03 bits per heavy atom. The van der Waals surface area contributed by atoms with Gasteiger partial charge in [0.15, 0.2) is 46.6 Å². The first-order chi connectivity index (χ1) is 44.6. The summed E-state index contributed by atoms with van der Waals surface area (Å²) in [6.45, 7) is 3.70. The highest BCUT2D eigenvalue weighted by atomic mass is 31.3. The quantitative estimate of drug-likeness (QED) is 0.0292. The molecule has 11 heterocycles. The van der Waals surface area contributed by atoms with Crippen LogP contribution in [0.4, 0.5) is 11.9 Å². The van der Waals surface area contributed by atoms with Crippen molar-refractivity contribution in [1.29, 1.82) is 0 Å². The second kappa shape index (κ2) is 26.9. The molecule has 63 heteroatoms. The van der Waals surface area contributed by atoms with Gasteiger partial charge in [-0.05, 0) is 13.8 Å². The predicted molar refractivity (Wildman–Crippen MR) is 307 cm³/mol. The highest BCUT2D eigenvalue weighted by molar-refractivity contribution is 7.67. The van der Waals surface area contributed by atoms with E-state index in [0.717, 1.165) is 0 Å². The number of carbonyl (C=O) groups excluding carboxylic acids is 1. The fraction of sp³-hybridized carbons (Fsp3) is 0.571. The third-order valence-electron chi connectivity index (χ3n) is 14.5. The Morgan fingerprint density at radius 1 is 0.592 bits per heavy atom. The molecule has 7 aliphatic rings. The fourth-order valence-corrected chi connectivity index (χ4v) is 19.7. The fourth-order valence-electron chi connectivity index (χ4n) is 10.5. The zero-order valence-electron chi connectivity index (χ0n) is 48.5. The lowest BCUT2D eigenvalue weighted by Gasteiger charge is -2.42. The van der Waals surface area contributed by atoms with Gasteiger partial charge in [0.05, 0.1) is 56.8 Å². The number of aliphatic hydroxyl groups is 2. The highest BCUT2D eigenvalue weighted by Gasteiger charge is 2.72. The van der Waals surface area contributed by atoms with Crippen molar-refractivity contribution in [3.63, 3.8) is 0 Å². The Hall–Kier alpha value is -4.08. The molecule has 6 saturated heterocycles. The maximum atomic E-state index is 12.2. The summed E-state index contributed by atoms with van der Waals surface area (Å²) in [6, 6.07) is -1.72. The standard InChI is InChI=1S/C13H20N5O14P3.C11H17N6O13P3.C11H18N3O13P3/c1-12(2)13(3-28-34(24,25)32-35(26,27)31-33(21,22)23)7(19)6(29-12)10(30-13)18-4-15-5-8(18)16-11(14)17-9(5)20;12-10-15-7-5(8(19)16-10)14-3-17(7)9-4-6(18)11(28-9,1-13-4)2-27-32(23,24)30-33(25,26)29-31(20,21)22;1-6-13-7(15)2-3-14(6)10-8-9(12)11(25-10,4-23-8)5-24-29(19,20)27-30(21,22)26-28(16,17)18/h4,6-7,10,19H,3H2,1-2H3,(H,24,25)(H,26,27)(H2,21,22,23)(H3,14,16,17,20);3-4,6,9,13,18H,1-2H2,(H,23,24)(H,25,26)(H2,20,21,22)(H3,12,15,16,19);2-3,8-10H,1,4-5,12H2,(H,13,15)(H,19,20)(H,21,22)(H2,16,17,18)/t6-,7+,10-,13-;4-,6+,9-,11-;8-,9+,10-,11-/m111/s1. The van der Waals surface area contributed by atoms with Crippen LogP contribution < -0.4 is 39.0 Å². The van der Waals surface area contributed by atoms with E-state index >= 15 is 0 Å². The van der Waals surface area contributed by atoms with Crippen molar-refractivity contribution in [3.05, 3.63) is 58.0 Å². The van der Waals surface area contributed by atoms with Crippen molar-refractivity contribution >= 4 is 111 Å². The zero-order chi connectivity index (χ0) is 73.1. The van der Waals surface area contributed by atoms with Crippen LogP contribution in [-0.2, 0) is 109 Å². The summed E-state index contributed by atoms with van der Waals surface area (Å²) in [4.78, 5) is 166. The van der Waals surface area contributed by atoms with E-state index in [1.165, 1.54) is 52.8 Å². The third-order valence-corrected chi connectivity index (χ3v) is 25.8. The van der Waals surface area contributed by atoms with Gasteiger partial charge < -0.3 is 125 Å². The van der Waals surface area contributed by atoms with Crippen LogP contribution in [0.3, 0.4) is 0 Å². The molecule has 6 unspecified atom stereocenters. The Morgan fingerprint density at radius 3 is 1.49 bits per heavy atom. The number of imidazole rings is 2. The number of nitrogens with zero attached hydrogens (tertiary/aromatic N) is 7. The highest BCUT2D eigenvalue weighted by Crippen LogP contribution is 2.70. The van der Waals surface area contributed by atoms with E-state index in [-0.39, 0.29) is 53.2 Å². The molecule has 0 saturated carbocycles. The van der Waals surface area contributed by atoms with Crippen molar-refractivity contribution in [2.75, 3.05) is 44.4 Å². The van der Waals surface area contributed by atoms with Gasteiger partial charge in [-0.1, -0.05) is 6.58 Å². The molecular formula is C35H55N14O40P9. The summed E-state index contributed by atoms with van der Waals surface area (Å²) >= 11 is 0. The average Bonchev–Trinajstić information content (AvgIpc) is 1.54. The first-order valence-corrected chi connectivity index (χ1v) is 39.6. The van der Waals surface area contributed by atoms with E-state index in [2.05, 4.69) is 82.0 Å². The first-order valence-electron chi connectivity index (χ1n) is 26.1. The molecule has 11 rings (SSSR count). The molecular weight excluding hydrogens is 1540 g/mol. The molecule has 6 fully saturated rings. The van der Waals surface area contributed by atoms with Crippen LogP contribution in [0.1, 0.15) is 26.3 Å². The number of aromatic amines is 2. The number of aliphatic hydroxyl groups excluding tert-OH is 2. The van der Waals surface area contributed by atoms with E-state index in [1.807, 2.05) is 0 Å². The molecule has 24 N–H and O–H groups in total. The lowest BCUT2D eigenvalue weighted by Crippen LogP contribution is -2.57. The Kier molecular flexibility index (Phi) is 21.4. The van der Waals surface area contributed by atoms with E-state index < -0.39 is 185 Å². The molecule has 18 atom stereocenters. The van der Waals surface area contributed by atoms with E-state index in [0.29, 0.717) is 0 Å². The molecule has 54 nitrogen and oxygen atoms in total. The second-order valence-electron chi connectivity index (χ2n) is 21.5. The van der Waals surface area contributed by atoms with Crippen molar-refractivity contribution in [1.82, 2.24) is 54.6 Å². The largest absolute Gasteiger partial charge is 0.490 e. The summed E-state index contributed by atoms with van der Waals surface area (Å²) in [5, 5.41) is 26.9. The van der Waals surface area contributed by atoms with Crippen LogP contribution in [0.15, 0.2) is 46.9 Å². The minimum Gasteiger partial charge on any atom is -0.388 e. The number of phosphoric acid groups is 9. The number of hydrogen-bond acceptors (Lipinski definition) is 37. The number of phosphoric ester groups is 3. The lowest BCUT2D eigenvalue weighted by molar-refractivity contribution is -0.255. The van der Waals surface area contributed by atoms with E-state index in [4.69, 9.17) is 74.8 Å². The number of rotatable bonds is 24. The van der Waals surface area contributed by atoms with Gasteiger partial charge in [0.2, 0.25) is 11.9 Å². The van der Waals surface area contributed by atoms with Crippen molar-refractivity contribution in [3.8, 4) is 0 Å². The summed E-state index contributed by atoms with van der Waals surface area (Å²) < 4.78 is 170. The summed E-state index contributed by atoms with van der Waals surface area (Å²) in [5.74, 6) is -0.671. The Labute approximate surface area is 541 Å². The zero-order valence-corrected chi connectivity index (χ0v) is 56.6. The molecule has 0 aliphatic carbocycles. The Balaban J connectivity index is 0.000000173. The number of H-pyrrole nitrogens is 2. The van der Waals surface area contributed by atoms with E-state index in [1.54, 1.807) is 0 Å². The molecule has 0 radical (unpaired) electrons. The molecule has 7 aliphatic heterocycles. The number of hydrogen-bond donors (Lipinski definition) is 21. The van der Waals surface area contributed by atoms with Crippen LogP contribution in [0.2, 0.25) is 0 Å². The monoisotopic (exact) mass is 1590 g/mol. The number of morpholine rings is 1. The van der Waals surface area contributed by atoms with Gasteiger partial charge in [-0.3, -0.25) is 47.1 Å². The molecule has 0 aromatic carbocycles. The van der Waals surface area contributed by atoms with Gasteiger partial charge in [-0.2, -0.15) is 35.8 Å². The number of aromatic nitrogens is 8. The van der Waals surface area contributed by atoms with Crippen molar-refractivity contribution in [2.24, 2.45) is 5.73 Å². The van der Waals surface area contributed by atoms with Crippen LogP contribution >= 0.6 is 70.4 Å². The number of nitrogens with one attached hydrogen (secondary N) is 4. The number of nitrogen functional groups attached to an aromatic ring is 2. The molecule has 6 bridgehead atoms.